The summed E-state index contributed by atoms with van der Waals surface area (Å²) in [5.41, 5.74) is 1.36. The first kappa shape index (κ1) is 31.4. The lowest BCUT2D eigenvalue weighted by Crippen LogP contribution is -2.58. The average molecular weight is 623 g/mol. The van der Waals surface area contributed by atoms with Gasteiger partial charge in [0.15, 0.2) is 0 Å². The number of amides is 2. The maximum Gasteiger partial charge on any atom is 0.408 e. The van der Waals surface area contributed by atoms with E-state index in [1.54, 1.807) is 20.1 Å². The molecule has 244 valence electrons. The Hall–Kier alpha value is -3.63. The number of alkyl carbamates (subject to hydrolysis) is 1. The minimum Gasteiger partial charge on any atom is -0.497 e. The molecule has 3 heterocycles. The van der Waals surface area contributed by atoms with Gasteiger partial charge in [-0.15, -0.1) is 0 Å². The third-order valence-corrected chi connectivity index (χ3v) is 10.5. The lowest BCUT2D eigenvalue weighted by Gasteiger charge is -2.50. The van der Waals surface area contributed by atoms with Crippen LogP contribution in [0, 0.1) is 29.1 Å². The molecule has 6 atom stereocenters. The van der Waals surface area contributed by atoms with Gasteiger partial charge in [0.25, 0.3) is 0 Å². The van der Waals surface area contributed by atoms with Gasteiger partial charge in [-0.05, 0) is 73.8 Å². The van der Waals surface area contributed by atoms with E-state index in [0.717, 1.165) is 43.3 Å². The molecule has 0 spiro atoms. The number of nitrogens with one attached hydrogen (secondary N) is 1. The van der Waals surface area contributed by atoms with E-state index in [4.69, 9.17) is 24.2 Å². The Bertz CT molecular complexity index is 1450. The number of carbonyl (C=O) groups excluding carboxylic acids is 2. The Balaban J connectivity index is 1.36. The minimum absolute atomic E-state index is 0.0333. The summed E-state index contributed by atoms with van der Waals surface area (Å²) in [5.74, 6) is 0.313. The first-order chi connectivity index (χ1) is 21.4. The first-order valence-corrected chi connectivity index (χ1v) is 16.4. The number of carboxylic acid groups (broad SMARTS) is 1. The second kappa shape index (κ2) is 12.3. The fraction of sp³-hybridized carbons (Fsp3) is 0.676. The molecule has 2 amide bonds. The Labute approximate surface area is 264 Å². The third kappa shape index (κ3) is 6.27. The highest BCUT2D eigenvalue weighted by Gasteiger charge is 2.51. The maximum absolute atomic E-state index is 14.2. The summed E-state index contributed by atoms with van der Waals surface area (Å²) < 4.78 is 18.0. The van der Waals surface area contributed by atoms with E-state index in [1.165, 1.54) is 17.7 Å². The van der Waals surface area contributed by atoms with E-state index in [2.05, 4.69) is 5.32 Å². The standard InChI is InChI=1S/C34H46N4O7/c1-18-27-17-38(28(18)32(40)41)31(39)29(34(2,3)4)37-33(42)45-26-15-19-13-20(14-19)22(26)9-7-6-8-10-24-30(44-27)36-25-16-21(43-5)11-12-23(25)35-24/h11-12,16,18-20,22,26-29H,6-10,13-15,17H2,1-5H3,(H,37,42)(H,40,41). The van der Waals surface area contributed by atoms with E-state index in [9.17, 15) is 19.5 Å². The van der Waals surface area contributed by atoms with Gasteiger partial charge < -0.3 is 29.5 Å². The number of carboxylic acids is 1. The van der Waals surface area contributed by atoms with Crippen LogP contribution < -0.4 is 14.8 Å². The smallest absolute Gasteiger partial charge is 0.408 e. The van der Waals surface area contributed by atoms with Crippen LogP contribution in [-0.4, -0.2) is 75.9 Å². The monoisotopic (exact) mass is 622 g/mol. The highest BCUT2D eigenvalue weighted by atomic mass is 16.6. The molecule has 1 saturated heterocycles. The van der Waals surface area contributed by atoms with Crippen molar-refractivity contribution < 1.29 is 33.7 Å². The number of benzene rings is 1. The van der Waals surface area contributed by atoms with Crippen molar-refractivity contribution in [3.05, 3.63) is 23.9 Å². The molecule has 4 bridgehead atoms. The number of methoxy groups -OCH3 is 1. The van der Waals surface area contributed by atoms with E-state index in [-0.39, 0.29) is 12.6 Å². The topological polar surface area (TPSA) is 140 Å². The zero-order valence-corrected chi connectivity index (χ0v) is 27.0. The molecule has 2 aliphatic heterocycles. The van der Waals surface area contributed by atoms with E-state index in [0.29, 0.717) is 41.3 Å². The van der Waals surface area contributed by atoms with Gasteiger partial charge in [0.05, 0.1) is 24.7 Å². The van der Waals surface area contributed by atoms with Crippen molar-refractivity contribution in [2.75, 3.05) is 13.7 Å². The van der Waals surface area contributed by atoms with Gasteiger partial charge in [-0.2, -0.15) is 0 Å². The second-order valence-corrected chi connectivity index (χ2v) is 14.6. The van der Waals surface area contributed by atoms with Gasteiger partial charge in [-0.3, -0.25) is 4.79 Å². The molecule has 5 aliphatic rings. The van der Waals surface area contributed by atoms with Gasteiger partial charge in [0, 0.05) is 12.0 Å². The van der Waals surface area contributed by atoms with Crippen LogP contribution >= 0.6 is 0 Å². The molecule has 2 aromatic rings. The summed E-state index contributed by atoms with van der Waals surface area (Å²) >= 11 is 0. The van der Waals surface area contributed by atoms with Crippen LogP contribution in [0.4, 0.5) is 4.79 Å². The molecule has 4 fully saturated rings. The Morgan fingerprint density at radius 3 is 2.53 bits per heavy atom. The summed E-state index contributed by atoms with van der Waals surface area (Å²) in [6.45, 7) is 7.38. The first-order valence-electron chi connectivity index (χ1n) is 16.4. The van der Waals surface area contributed by atoms with Crippen molar-refractivity contribution in [1.29, 1.82) is 0 Å². The molecular weight excluding hydrogens is 576 g/mol. The number of hydrogen-bond acceptors (Lipinski definition) is 8. The predicted molar refractivity (Wildman–Crippen MR) is 166 cm³/mol. The number of rotatable bonds is 2. The summed E-state index contributed by atoms with van der Waals surface area (Å²) in [6, 6.07) is 3.40. The number of aliphatic carboxylic acids is 1. The Morgan fingerprint density at radius 2 is 1.82 bits per heavy atom. The lowest BCUT2D eigenvalue weighted by molar-refractivity contribution is -0.151. The fourth-order valence-electron chi connectivity index (χ4n) is 7.92. The van der Waals surface area contributed by atoms with Gasteiger partial charge in [-0.25, -0.2) is 19.6 Å². The zero-order valence-electron chi connectivity index (χ0n) is 27.0. The third-order valence-electron chi connectivity index (χ3n) is 10.5. The molecule has 1 aromatic heterocycles. The molecule has 2 N–H and O–H groups in total. The maximum atomic E-state index is 14.2. The number of aromatic nitrogens is 2. The zero-order chi connectivity index (χ0) is 32.0. The van der Waals surface area contributed by atoms with Crippen LogP contribution in [0.5, 0.6) is 11.6 Å². The summed E-state index contributed by atoms with van der Waals surface area (Å²) in [4.78, 5) is 51.3. The Morgan fingerprint density at radius 1 is 1.04 bits per heavy atom. The van der Waals surface area contributed by atoms with Gasteiger partial charge in [0.1, 0.15) is 35.7 Å². The van der Waals surface area contributed by atoms with Crippen molar-refractivity contribution in [2.45, 2.75) is 103 Å². The van der Waals surface area contributed by atoms with E-state index >= 15 is 0 Å². The van der Waals surface area contributed by atoms with Crippen LogP contribution in [0.1, 0.15) is 78.3 Å². The second-order valence-electron chi connectivity index (χ2n) is 14.6. The van der Waals surface area contributed by atoms with Crippen molar-refractivity contribution >= 4 is 29.0 Å². The van der Waals surface area contributed by atoms with E-state index < -0.39 is 47.5 Å². The molecule has 3 aliphatic carbocycles. The predicted octanol–water partition coefficient (Wildman–Crippen LogP) is 4.99. The number of aryl methyl sites for hydroxylation is 1. The molecule has 11 nitrogen and oxygen atoms in total. The number of carbonyl (C=O) groups is 3. The lowest BCUT2D eigenvalue weighted by atomic mass is 9.58. The molecule has 6 unspecified atom stereocenters. The highest BCUT2D eigenvalue weighted by molar-refractivity contribution is 5.90. The number of ether oxygens (including phenoxy) is 3. The molecular formula is C34H46N4O7. The molecule has 11 heteroatoms. The average Bonchev–Trinajstić information content (AvgIpc) is 3.29. The number of hydrogen-bond donors (Lipinski definition) is 2. The van der Waals surface area contributed by atoms with Gasteiger partial charge >= 0.3 is 12.1 Å². The van der Waals surface area contributed by atoms with Crippen LogP contribution in [0.3, 0.4) is 0 Å². The highest BCUT2D eigenvalue weighted by Crippen LogP contribution is 2.51. The fourth-order valence-corrected chi connectivity index (χ4v) is 7.92. The molecule has 3 saturated carbocycles. The molecule has 7 rings (SSSR count). The minimum atomic E-state index is -1.14. The van der Waals surface area contributed by atoms with Crippen molar-refractivity contribution in [3.63, 3.8) is 0 Å². The number of fused-ring (bicyclic) bond motifs is 4. The summed E-state index contributed by atoms with van der Waals surface area (Å²) in [6.07, 6.45) is 6.33. The Kier molecular flexibility index (Phi) is 8.56. The summed E-state index contributed by atoms with van der Waals surface area (Å²) in [7, 11) is 1.59. The SMILES string of the molecule is COc1ccc2nc3c(nc2c1)OC1CN(C(=O)C(C(C)(C)C)NC(=O)OC2CC4CC(C4)C2CCCCC3)C(C(=O)O)C1C. The van der Waals surface area contributed by atoms with Crippen molar-refractivity contribution in [3.8, 4) is 11.6 Å². The van der Waals surface area contributed by atoms with Crippen molar-refractivity contribution in [2.24, 2.45) is 29.1 Å². The van der Waals surface area contributed by atoms with Crippen LogP contribution in [0.25, 0.3) is 11.0 Å². The van der Waals surface area contributed by atoms with Gasteiger partial charge in [0.2, 0.25) is 11.8 Å². The molecule has 0 radical (unpaired) electrons. The normalized spacial score (nSPS) is 32.5. The quantitative estimate of drug-likeness (QED) is 0.474. The summed E-state index contributed by atoms with van der Waals surface area (Å²) in [5, 5.41) is 13.2. The molecule has 45 heavy (non-hydrogen) atoms. The largest absolute Gasteiger partial charge is 0.497 e. The van der Waals surface area contributed by atoms with Crippen LogP contribution in [0.2, 0.25) is 0 Å². The van der Waals surface area contributed by atoms with Crippen LogP contribution in [-0.2, 0) is 20.7 Å². The van der Waals surface area contributed by atoms with E-state index in [1.807, 2.05) is 32.9 Å². The number of nitrogens with zero attached hydrogens (tertiary/aromatic N) is 3. The molecule has 1 aromatic carbocycles. The van der Waals surface area contributed by atoms with Crippen molar-refractivity contribution in [1.82, 2.24) is 20.2 Å². The van der Waals surface area contributed by atoms with Gasteiger partial charge in [-0.1, -0.05) is 40.5 Å². The van der Waals surface area contributed by atoms with Crippen LogP contribution in [0.15, 0.2) is 18.2 Å².